The van der Waals surface area contributed by atoms with Gasteiger partial charge in [-0.1, -0.05) is 6.07 Å². The number of carbonyl (C=O) groups excluding carboxylic acids is 1. The molecule has 2 aromatic rings. The van der Waals surface area contributed by atoms with Gasteiger partial charge >= 0.3 is 0 Å². The van der Waals surface area contributed by atoms with Crippen molar-refractivity contribution in [1.82, 2.24) is 9.69 Å². The molecule has 0 saturated carbocycles. The molecule has 0 radical (unpaired) electrons. The SMILES string of the molecule is COc1ccc2c(c1)OC[C@@H](NC(=O)c1csnc1C)C2. The Bertz CT molecular complexity index is 669. The molecule has 1 aliphatic heterocycles. The van der Waals surface area contributed by atoms with Crippen molar-refractivity contribution in [1.29, 1.82) is 0 Å². The monoisotopic (exact) mass is 304 g/mol. The first-order valence-electron chi connectivity index (χ1n) is 6.69. The van der Waals surface area contributed by atoms with Crippen molar-refractivity contribution >= 4 is 17.4 Å². The molecule has 1 amide bonds. The van der Waals surface area contributed by atoms with E-state index in [0.29, 0.717) is 12.2 Å². The number of ether oxygens (including phenoxy) is 2. The number of aryl methyl sites for hydroxylation is 1. The Morgan fingerprint density at radius 1 is 1.52 bits per heavy atom. The maximum absolute atomic E-state index is 12.2. The van der Waals surface area contributed by atoms with Gasteiger partial charge in [0.15, 0.2) is 0 Å². The third-order valence-corrected chi connectivity index (χ3v) is 4.23. The van der Waals surface area contributed by atoms with Crippen LogP contribution in [0.25, 0.3) is 0 Å². The first-order valence-corrected chi connectivity index (χ1v) is 7.52. The second-order valence-corrected chi connectivity index (χ2v) is 5.60. The predicted molar refractivity (Wildman–Crippen MR) is 80.3 cm³/mol. The van der Waals surface area contributed by atoms with E-state index >= 15 is 0 Å². The minimum absolute atomic E-state index is 0.0299. The van der Waals surface area contributed by atoms with E-state index in [9.17, 15) is 4.79 Å². The molecule has 110 valence electrons. The van der Waals surface area contributed by atoms with Crippen LogP contribution < -0.4 is 14.8 Å². The quantitative estimate of drug-likeness (QED) is 0.944. The van der Waals surface area contributed by atoms with Crippen LogP contribution in [0, 0.1) is 6.92 Å². The van der Waals surface area contributed by atoms with Crippen molar-refractivity contribution in [3.63, 3.8) is 0 Å². The number of carbonyl (C=O) groups is 1. The van der Waals surface area contributed by atoms with Gasteiger partial charge in [0.2, 0.25) is 0 Å². The molecule has 0 unspecified atom stereocenters. The van der Waals surface area contributed by atoms with Crippen LogP contribution in [0.1, 0.15) is 21.6 Å². The van der Waals surface area contributed by atoms with Crippen molar-refractivity contribution in [2.75, 3.05) is 13.7 Å². The Morgan fingerprint density at radius 2 is 2.38 bits per heavy atom. The van der Waals surface area contributed by atoms with E-state index < -0.39 is 0 Å². The number of nitrogens with one attached hydrogen (secondary N) is 1. The maximum Gasteiger partial charge on any atom is 0.254 e. The van der Waals surface area contributed by atoms with Crippen molar-refractivity contribution < 1.29 is 14.3 Å². The van der Waals surface area contributed by atoms with Crippen LogP contribution >= 0.6 is 11.5 Å². The van der Waals surface area contributed by atoms with Gasteiger partial charge in [-0.05, 0) is 36.5 Å². The van der Waals surface area contributed by atoms with Crippen LogP contribution in [0.5, 0.6) is 11.5 Å². The Kier molecular flexibility index (Phi) is 3.79. The standard InChI is InChI=1S/C15H16N2O3S/c1-9-13(8-21-17-9)15(18)16-11-5-10-3-4-12(19-2)6-14(10)20-7-11/h3-4,6,8,11H,5,7H2,1-2H3,(H,16,18)/t11-/m0/s1. The molecule has 6 heteroatoms. The average Bonchev–Trinajstić information content (AvgIpc) is 2.93. The number of fused-ring (bicyclic) bond motifs is 1. The van der Waals surface area contributed by atoms with Gasteiger partial charge in [-0.15, -0.1) is 0 Å². The summed E-state index contributed by atoms with van der Waals surface area (Å²) in [5.74, 6) is 1.51. The van der Waals surface area contributed by atoms with Crippen LogP contribution in [-0.4, -0.2) is 30.0 Å². The molecule has 21 heavy (non-hydrogen) atoms. The van der Waals surface area contributed by atoms with E-state index in [0.717, 1.165) is 29.2 Å². The summed E-state index contributed by atoms with van der Waals surface area (Å²) < 4.78 is 15.0. The van der Waals surface area contributed by atoms with E-state index in [4.69, 9.17) is 9.47 Å². The molecule has 1 aromatic heterocycles. The van der Waals surface area contributed by atoms with E-state index in [1.54, 1.807) is 12.5 Å². The Hall–Kier alpha value is -2.08. The molecule has 0 spiro atoms. The number of benzene rings is 1. The van der Waals surface area contributed by atoms with Crippen molar-refractivity contribution in [3.8, 4) is 11.5 Å². The van der Waals surface area contributed by atoms with Crippen molar-refractivity contribution in [3.05, 3.63) is 40.4 Å². The molecular formula is C15H16N2O3S. The lowest BCUT2D eigenvalue weighted by molar-refractivity contribution is 0.0915. The van der Waals surface area contributed by atoms with E-state index in [1.165, 1.54) is 11.5 Å². The fourth-order valence-corrected chi connectivity index (χ4v) is 3.04. The molecule has 1 aliphatic rings. The van der Waals surface area contributed by atoms with Gasteiger partial charge in [0.1, 0.15) is 18.1 Å². The zero-order valence-electron chi connectivity index (χ0n) is 11.9. The summed E-state index contributed by atoms with van der Waals surface area (Å²) in [7, 11) is 1.63. The van der Waals surface area contributed by atoms with Gasteiger partial charge in [0.25, 0.3) is 5.91 Å². The van der Waals surface area contributed by atoms with Gasteiger partial charge < -0.3 is 14.8 Å². The van der Waals surface area contributed by atoms with Gasteiger partial charge in [0.05, 0.1) is 24.4 Å². The first-order chi connectivity index (χ1) is 10.2. The van der Waals surface area contributed by atoms with Gasteiger partial charge in [0, 0.05) is 11.4 Å². The summed E-state index contributed by atoms with van der Waals surface area (Å²) in [6.45, 7) is 2.30. The number of methoxy groups -OCH3 is 1. The molecule has 5 nitrogen and oxygen atoms in total. The van der Waals surface area contributed by atoms with Gasteiger partial charge in [-0.3, -0.25) is 4.79 Å². The summed E-state index contributed by atoms with van der Waals surface area (Å²) in [4.78, 5) is 12.2. The average molecular weight is 304 g/mol. The minimum Gasteiger partial charge on any atom is -0.497 e. The van der Waals surface area contributed by atoms with Gasteiger partial charge in [-0.2, -0.15) is 4.37 Å². The molecule has 0 fully saturated rings. The van der Waals surface area contributed by atoms with E-state index in [2.05, 4.69) is 9.69 Å². The van der Waals surface area contributed by atoms with Crippen LogP contribution in [0.4, 0.5) is 0 Å². The van der Waals surface area contributed by atoms with Crippen LogP contribution in [-0.2, 0) is 6.42 Å². The lowest BCUT2D eigenvalue weighted by atomic mass is 10.0. The van der Waals surface area contributed by atoms with Crippen LogP contribution in [0.3, 0.4) is 0 Å². The number of aromatic nitrogens is 1. The van der Waals surface area contributed by atoms with Crippen molar-refractivity contribution in [2.24, 2.45) is 0 Å². The summed E-state index contributed by atoms with van der Waals surface area (Å²) in [6.07, 6.45) is 0.752. The first kappa shape index (κ1) is 13.9. The summed E-state index contributed by atoms with van der Waals surface area (Å²) in [5.41, 5.74) is 2.48. The topological polar surface area (TPSA) is 60.5 Å². The minimum atomic E-state index is -0.0909. The zero-order chi connectivity index (χ0) is 14.8. The summed E-state index contributed by atoms with van der Waals surface area (Å²) in [5, 5.41) is 4.77. The third-order valence-electron chi connectivity index (χ3n) is 3.51. The van der Waals surface area contributed by atoms with Gasteiger partial charge in [-0.25, -0.2) is 0 Å². The number of hydrogen-bond donors (Lipinski definition) is 1. The normalized spacial score (nSPS) is 16.8. The summed E-state index contributed by atoms with van der Waals surface area (Å²) >= 11 is 1.29. The molecule has 0 saturated heterocycles. The molecule has 1 atom stereocenters. The van der Waals surface area contributed by atoms with E-state index in [-0.39, 0.29) is 11.9 Å². The Morgan fingerprint density at radius 3 is 3.10 bits per heavy atom. The molecule has 1 aromatic carbocycles. The zero-order valence-corrected chi connectivity index (χ0v) is 12.7. The lowest BCUT2D eigenvalue weighted by Gasteiger charge is -2.26. The van der Waals surface area contributed by atoms with Crippen LogP contribution in [0.15, 0.2) is 23.6 Å². The number of amides is 1. The molecule has 0 bridgehead atoms. The smallest absolute Gasteiger partial charge is 0.254 e. The highest BCUT2D eigenvalue weighted by Gasteiger charge is 2.23. The lowest BCUT2D eigenvalue weighted by Crippen LogP contribution is -2.42. The molecular weight excluding hydrogens is 288 g/mol. The molecule has 2 heterocycles. The number of hydrogen-bond acceptors (Lipinski definition) is 5. The van der Waals surface area contributed by atoms with E-state index in [1.807, 2.05) is 25.1 Å². The summed E-state index contributed by atoms with van der Waals surface area (Å²) in [6, 6.07) is 5.72. The molecule has 0 aliphatic carbocycles. The highest BCUT2D eigenvalue weighted by atomic mass is 32.1. The highest BCUT2D eigenvalue weighted by molar-refractivity contribution is 7.03. The predicted octanol–water partition coefficient (Wildman–Crippen LogP) is 2.19. The Balaban J connectivity index is 1.69. The molecule has 3 rings (SSSR count). The fraction of sp³-hybridized carbons (Fsp3) is 0.333. The second kappa shape index (κ2) is 5.73. The fourth-order valence-electron chi connectivity index (χ4n) is 2.35. The molecule has 1 N–H and O–H groups in total. The maximum atomic E-state index is 12.2. The third kappa shape index (κ3) is 2.85. The highest BCUT2D eigenvalue weighted by Crippen LogP contribution is 2.29. The number of nitrogens with zero attached hydrogens (tertiary/aromatic N) is 1. The van der Waals surface area contributed by atoms with Crippen molar-refractivity contribution in [2.45, 2.75) is 19.4 Å². The number of rotatable bonds is 3. The second-order valence-electron chi connectivity index (χ2n) is 4.97. The Labute approximate surface area is 127 Å². The largest absolute Gasteiger partial charge is 0.497 e. The van der Waals surface area contributed by atoms with Crippen LogP contribution in [0.2, 0.25) is 0 Å².